The van der Waals surface area contributed by atoms with E-state index in [-0.39, 0.29) is 6.10 Å². The Morgan fingerprint density at radius 2 is 2.35 bits per heavy atom. The van der Waals surface area contributed by atoms with Gasteiger partial charge in [0, 0.05) is 25.1 Å². The third-order valence-electron chi connectivity index (χ3n) is 3.43. The summed E-state index contributed by atoms with van der Waals surface area (Å²) in [6, 6.07) is 0.786. The number of hydrogen-bond acceptors (Lipinski definition) is 4. The Morgan fingerprint density at radius 3 is 3.06 bits per heavy atom. The maximum absolute atomic E-state index is 5.95. The zero-order chi connectivity index (χ0) is 11.7. The molecule has 2 heterocycles. The molecule has 2 atom stereocenters. The van der Waals surface area contributed by atoms with Crippen LogP contribution in [-0.2, 0) is 4.74 Å². The first-order valence-corrected chi connectivity index (χ1v) is 8.18. The van der Waals surface area contributed by atoms with Gasteiger partial charge in [-0.05, 0) is 48.3 Å². The van der Waals surface area contributed by atoms with E-state index < -0.39 is 0 Å². The van der Waals surface area contributed by atoms with E-state index in [1.807, 2.05) is 6.20 Å². The molecule has 2 unspecified atom stereocenters. The van der Waals surface area contributed by atoms with Crippen LogP contribution >= 0.6 is 33.9 Å². The van der Waals surface area contributed by atoms with Crippen molar-refractivity contribution in [3.05, 3.63) is 14.1 Å². The van der Waals surface area contributed by atoms with Crippen molar-refractivity contribution in [2.75, 3.05) is 13.2 Å². The van der Waals surface area contributed by atoms with Gasteiger partial charge in [0.05, 0.1) is 9.08 Å². The molecule has 17 heavy (non-hydrogen) atoms. The lowest BCUT2D eigenvalue weighted by molar-refractivity contribution is -0.0279. The van der Waals surface area contributed by atoms with Gasteiger partial charge in [-0.3, -0.25) is 0 Å². The fourth-order valence-corrected chi connectivity index (χ4v) is 3.93. The summed E-state index contributed by atoms with van der Waals surface area (Å²) in [5, 5.41) is 4.79. The molecule has 1 aliphatic carbocycles. The van der Waals surface area contributed by atoms with E-state index in [1.54, 1.807) is 11.3 Å². The minimum Gasteiger partial charge on any atom is -0.371 e. The second-order valence-electron chi connectivity index (χ2n) is 4.88. The van der Waals surface area contributed by atoms with Crippen molar-refractivity contribution in [1.29, 1.82) is 0 Å². The molecule has 1 N–H and O–H groups in total. The van der Waals surface area contributed by atoms with Crippen LogP contribution in [0.3, 0.4) is 0 Å². The van der Waals surface area contributed by atoms with Crippen LogP contribution in [0.25, 0.3) is 0 Å². The van der Waals surface area contributed by atoms with Gasteiger partial charge in [-0.2, -0.15) is 0 Å². The van der Waals surface area contributed by atoms with Gasteiger partial charge >= 0.3 is 0 Å². The molecule has 0 aromatic carbocycles. The summed E-state index contributed by atoms with van der Waals surface area (Å²) < 4.78 is 7.20. The van der Waals surface area contributed by atoms with E-state index >= 15 is 0 Å². The predicted octanol–water partition coefficient (Wildman–Crippen LogP) is 2.97. The monoisotopic (exact) mass is 364 g/mol. The molecule has 5 heteroatoms. The van der Waals surface area contributed by atoms with Gasteiger partial charge in [0.1, 0.15) is 11.1 Å². The largest absolute Gasteiger partial charge is 0.371 e. The van der Waals surface area contributed by atoms with E-state index in [0.29, 0.717) is 5.92 Å². The highest BCUT2D eigenvalue weighted by Crippen LogP contribution is 2.36. The van der Waals surface area contributed by atoms with Crippen LogP contribution in [0.1, 0.15) is 36.8 Å². The number of thiazole rings is 1. The van der Waals surface area contributed by atoms with Crippen molar-refractivity contribution in [3.8, 4) is 0 Å². The molecule has 2 aliphatic rings. The van der Waals surface area contributed by atoms with Gasteiger partial charge in [-0.25, -0.2) is 4.98 Å². The first-order chi connectivity index (χ1) is 8.33. The lowest BCUT2D eigenvalue weighted by Crippen LogP contribution is -2.32. The van der Waals surface area contributed by atoms with E-state index in [0.717, 1.165) is 24.2 Å². The molecular formula is C12H17IN2OS. The van der Waals surface area contributed by atoms with E-state index in [4.69, 9.17) is 4.74 Å². The minimum atomic E-state index is 0.225. The van der Waals surface area contributed by atoms with Crippen LogP contribution in [0.2, 0.25) is 0 Å². The molecule has 0 spiro atoms. The molecule has 1 aromatic heterocycles. The molecule has 3 nitrogen and oxygen atoms in total. The third kappa shape index (κ3) is 3.19. The van der Waals surface area contributed by atoms with Gasteiger partial charge in [0.25, 0.3) is 0 Å². The van der Waals surface area contributed by atoms with E-state index in [9.17, 15) is 0 Å². The molecule has 0 bridgehead atoms. The Labute approximate surface area is 119 Å². The Bertz CT molecular complexity index is 380. The summed E-state index contributed by atoms with van der Waals surface area (Å²) in [6.07, 6.45) is 7.34. The molecular weight excluding hydrogens is 347 g/mol. The topological polar surface area (TPSA) is 34.1 Å². The van der Waals surface area contributed by atoms with Crippen molar-refractivity contribution < 1.29 is 4.74 Å². The van der Waals surface area contributed by atoms with Crippen LogP contribution < -0.4 is 5.32 Å². The molecule has 3 rings (SSSR count). The van der Waals surface area contributed by atoms with Crippen LogP contribution in [0.15, 0.2) is 6.20 Å². The second kappa shape index (κ2) is 5.50. The van der Waals surface area contributed by atoms with Crippen LogP contribution in [0.5, 0.6) is 0 Å². The van der Waals surface area contributed by atoms with Gasteiger partial charge in [-0.15, -0.1) is 11.3 Å². The first-order valence-electron chi connectivity index (χ1n) is 6.29. The summed E-state index contributed by atoms with van der Waals surface area (Å²) in [5.74, 6) is 0.603. The Morgan fingerprint density at radius 1 is 1.47 bits per heavy atom. The average Bonchev–Trinajstić information content (AvgIpc) is 3.08. The molecule has 2 fully saturated rings. The third-order valence-corrected chi connectivity index (χ3v) is 5.22. The summed E-state index contributed by atoms with van der Waals surface area (Å²) in [5.41, 5.74) is 0. The number of nitrogens with one attached hydrogen (secondary N) is 1. The summed E-state index contributed by atoms with van der Waals surface area (Å²) in [7, 11) is 0. The molecule has 1 saturated carbocycles. The highest BCUT2D eigenvalue weighted by molar-refractivity contribution is 14.1. The van der Waals surface area contributed by atoms with Gasteiger partial charge in [0.15, 0.2) is 0 Å². The van der Waals surface area contributed by atoms with E-state index in [1.165, 1.54) is 28.6 Å². The number of halogens is 1. The number of rotatable bonds is 4. The molecule has 0 amide bonds. The minimum absolute atomic E-state index is 0.225. The normalized spacial score (nSPS) is 29.5. The maximum atomic E-state index is 5.95. The Hall–Kier alpha value is 0.280. The number of aromatic nitrogens is 1. The zero-order valence-electron chi connectivity index (χ0n) is 9.69. The fourth-order valence-electron chi connectivity index (χ4n) is 2.33. The van der Waals surface area contributed by atoms with Crippen molar-refractivity contribution in [3.63, 3.8) is 0 Å². The van der Waals surface area contributed by atoms with Crippen molar-refractivity contribution in [2.24, 2.45) is 5.92 Å². The van der Waals surface area contributed by atoms with Crippen molar-refractivity contribution in [1.82, 2.24) is 10.3 Å². The number of ether oxygens (including phenoxy) is 1. The quantitative estimate of drug-likeness (QED) is 0.835. The molecule has 0 radical (unpaired) electrons. The summed E-state index contributed by atoms with van der Waals surface area (Å²) in [4.78, 5) is 4.49. The van der Waals surface area contributed by atoms with Gasteiger partial charge < -0.3 is 10.1 Å². The Balaban J connectivity index is 1.65. The second-order valence-corrected chi connectivity index (χ2v) is 7.84. The zero-order valence-corrected chi connectivity index (χ0v) is 12.7. The van der Waals surface area contributed by atoms with Crippen LogP contribution in [-0.4, -0.2) is 24.2 Å². The van der Waals surface area contributed by atoms with Gasteiger partial charge in [0.2, 0.25) is 0 Å². The lowest BCUT2D eigenvalue weighted by atomic mass is 9.94. The van der Waals surface area contributed by atoms with E-state index in [2.05, 4.69) is 32.9 Å². The lowest BCUT2D eigenvalue weighted by Gasteiger charge is -2.30. The number of nitrogens with zero attached hydrogens (tertiary/aromatic N) is 1. The highest BCUT2D eigenvalue weighted by atomic mass is 127. The fraction of sp³-hybridized carbons (Fsp3) is 0.750. The summed E-state index contributed by atoms with van der Waals surface area (Å²) in [6.45, 7) is 1.98. The van der Waals surface area contributed by atoms with Gasteiger partial charge in [-0.1, -0.05) is 0 Å². The average molecular weight is 364 g/mol. The SMILES string of the molecule is Ic1cnc(C2OCCCC2CNC2CC2)s1. The standard InChI is InChI=1S/C12H17IN2OS/c13-10-7-15-12(17-10)11-8(2-1-5-16-11)6-14-9-3-4-9/h7-9,11,14H,1-6H2. The molecule has 1 aliphatic heterocycles. The molecule has 1 aromatic rings. The highest BCUT2D eigenvalue weighted by Gasteiger charge is 2.31. The smallest absolute Gasteiger partial charge is 0.123 e. The maximum Gasteiger partial charge on any atom is 0.123 e. The molecule has 94 valence electrons. The Kier molecular flexibility index (Phi) is 3.99. The van der Waals surface area contributed by atoms with Crippen LogP contribution in [0, 0.1) is 8.80 Å². The first kappa shape index (κ1) is 12.3. The summed E-state index contributed by atoms with van der Waals surface area (Å²) >= 11 is 4.10. The number of hydrogen-bond donors (Lipinski definition) is 1. The molecule has 1 saturated heterocycles. The predicted molar refractivity (Wildman–Crippen MR) is 77.3 cm³/mol. The van der Waals surface area contributed by atoms with Crippen molar-refractivity contribution in [2.45, 2.75) is 37.8 Å². The van der Waals surface area contributed by atoms with Crippen LogP contribution in [0.4, 0.5) is 0 Å². The van der Waals surface area contributed by atoms with Crippen molar-refractivity contribution >= 4 is 33.9 Å².